The molecule has 33 heavy (non-hydrogen) atoms. The number of fused-ring (bicyclic) bond motifs is 1. The van der Waals surface area contributed by atoms with Crippen LogP contribution in [0.3, 0.4) is 0 Å². The van der Waals surface area contributed by atoms with Crippen LogP contribution >= 0.6 is 11.6 Å². The van der Waals surface area contributed by atoms with Gasteiger partial charge in [0, 0.05) is 35.8 Å². The molecule has 7 rings (SSSR count). The van der Waals surface area contributed by atoms with Crippen LogP contribution in [0.1, 0.15) is 48.0 Å². The Morgan fingerprint density at radius 3 is 2.55 bits per heavy atom. The minimum atomic E-state index is -0.735. The van der Waals surface area contributed by atoms with Crippen molar-refractivity contribution in [1.29, 1.82) is 0 Å². The minimum Gasteiger partial charge on any atom is -0.481 e. The Hall–Kier alpha value is -2.86. The predicted molar refractivity (Wildman–Crippen MR) is 124 cm³/mol. The molecule has 0 N–H and O–H groups in total. The monoisotopic (exact) mass is 464 g/mol. The molecule has 170 valence electrons. The average Bonchev–Trinajstić information content (AvgIpc) is 3.11. The molecule has 0 spiro atoms. The molecule has 0 radical (unpaired) electrons. The lowest BCUT2D eigenvalue weighted by molar-refractivity contribution is -0.204. The zero-order valence-electron chi connectivity index (χ0n) is 18.5. The second-order valence-electron chi connectivity index (χ2n) is 10.2. The molecule has 4 fully saturated rings. The first-order valence-corrected chi connectivity index (χ1v) is 11.8. The number of urea groups is 1. The summed E-state index contributed by atoms with van der Waals surface area (Å²) < 4.78 is 5.86. The number of ketones is 2. The number of amides is 2. The van der Waals surface area contributed by atoms with E-state index in [-0.39, 0.29) is 35.0 Å². The summed E-state index contributed by atoms with van der Waals surface area (Å²) >= 11 is 5.98. The summed E-state index contributed by atoms with van der Waals surface area (Å²) in [6, 6.07) is 13.0. The Morgan fingerprint density at radius 1 is 1.09 bits per heavy atom. The number of hydrogen-bond donors (Lipinski definition) is 0. The Bertz CT molecular complexity index is 1170. The van der Waals surface area contributed by atoms with Gasteiger partial charge in [0.25, 0.3) is 0 Å². The fourth-order valence-electron chi connectivity index (χ4n) is 6.31. The summed E-state index contributed by atoms with van der Waals surface area (Å²) in [5, 5.41) is 0.479. The van der Waals surface area contributed by atoms with Gasteiger partial charge >= 0.3 is 6.03 Å². The molecule has 2 aromatic rings. The second-order valence-corrected chi connectivity index (χ2v) is 10.6. The van der Waals surface area contributed by atoms with Crippen molar-refractivity contribution in [1.82, 2.24) is 4.90 Å². The van der Waals surface area contributed by atoms with Crippen molar-refractivity contribution >= 4 is 34.9 Å². The number of nitrogens with zero attached hydrogens (tertiary/aromatic N) is 2. The highest BCUT2D eigenvalue weighted by Gasteiger charge is 2.72. The van der Waals surface area contributed by atoms with Gasteiger partial charge < -0.3 is 9.64 Å². The maximum atomic E-state index is 13.1. The molecule has 2 aromatic carbocycles. The van der Waals surface area contributed by atoms with Gasteiger partial charge in [-0.05, 0) is 61.9 Å². The van der Waals surface area contributed by atoms with Crippen LogP contribution in [0.25, 0.3) is 0 Å². The highest BCUT2D eigenvalue weighted by Crippen LogP contribution is 2.72. The van der Waals surface area contributed by atoms with E-state index in [9.17, 15) is 14.4 Å². The van der Waals surface area contributed by atoms with E-state index >= 15 is 0 Å². The highest BCUT2D eigenvalue weighted by molar-refractivity contribution is 6.31. The van der Waals surface area contributed by atoms with Crippen molar-refractivity contribution in [3.63, 3.8) is 0 Å². The van der Waals surface area contributed by atoms with Gasteiger partial charge in [0.15, 0.2) is 17.7 Å². The van der Waals surface area contributed by atoms with E-state index < -0.39 is 6.10 Å². The van der Waals surface area contributed by atoms with Crippen molar-refractivity contribution in [2.75, 3.05) is 18.0 Å². The zero-order chi connectivity index (χ0) is 23.0. The SMILES string of the molecule is Cc1ccc(N2CCN(C34CC(CC(=O)[C@H]5CC(=O)c6cc(Cl)ccc6O5)(C3)C4)C2=O)cc1. The van der Waals surface area contributed by atoms with Crippen molar-refractivity contribution in [2.24, 2.45) is 5.41 Å². The van der Waals surface area contributed by atoms with Gasteiger partial charge in [-0.15, -0.1) is 0 Å². The molecule has 5 aliphatic rings. The van der Waals surface area contributed by atoms with Gasteiger partial charge in [0.1, 0.15) is 5.75 Å². The minimum absolute atomic E-state index is 0.0220. The lowest BCUT2D eigenvalue weighted by Crippen LogP contribution is -2.75. The quantitative estimate of drug-likeness (QED) is 0.637. The second kappa shape index (κ2) is 7.07. The number of ether oxygens (including phenoxy) is 1. The van der Waals surface area contributed by atoms with Crippen LogP contribution in [0, 0.1) is 12.3 Å². The largest absolute Gasteiger partial charge is 0.481 e. The number of carbonyl (C=O) groups excluding carboxylic acids is 3. The number of rotatable bonds is 5. The third-order valence-electron chi connectivity index (χ3n) is 7.83. The van der Waals surface area contributed by atoms with Gasteiger partial charge in [0.2, 0.25) is 0 Å². The van der Waals surface area contributed by atoms with E-state index in [4.69, 9.17) is 16.3 Å². The predicted octanol–water partition coefficient (Wildman–Crippen LogP) is 4.81. The first-order chi connectivity index (χ1) is 15.8. The van der Waals surface area contributed by atoms with Crippen molar-refractivity contribution in [3.05, 3.63) is 58.6 Å². The molecule has 2 heterocycles. The number of benzene rings is 2. The van der Waals surface area contributed by atoms with E-state index in [1.807, 2.05) is 41.0 Å². The fraction of sp³-hybridized carbons (Fsp3) is 0.423. The molecule has 2 aliphatic heterocycles. The van der Waals surface area contributed by atoms with Crippen LogP contribution in [0.15, 0.2) is 42.5 Å². The van der Waals surface area contributed by atoms with Gasteiger partial charge in [-0.25, -0.2) is 4.79 Å². The summed E-state index contributed by atoms with van der Waals surface area (Å²) in [5.41, 5.74) is 2.39. The van der Waals surface area contributed by atoms with Gasteiger partial charge in [-0.2, -0.15) is 0 Å². The number of aryl methyl sites for hydroxylation is 1. The average molecular weight is 465 g/mol. The van der Waals surface area contributed by atoms with Gasteiger partial charge in [-0.3, -0.25) is 14.5 Å². The lowest BCUT2D eigenvalue weighted by Gasteiger charge is -2.73. The van der Waals surface area contributed by atoms with Crippen molar-refractivity contribution in [2.45, 2.75) is 50.7 Å². The number of halogens is 1. The number of anilines is 1. The van der Waals surface area contributed by atoms with Crippen LogP contribution in [-0.2, 0) is 4.79 Å². The van der Waals surface area contributed by atoms with Gasteiger partial charge in [-0.1, -0.05) is 29.3 Å². The molecular weight excluding hydrogens is 440 g/mol. The van der Waals surface area contributed by atoms with Crippen molar-refractivity contribution in [3.8, 4) is 5.75 Å². The Kier molecular flexibility index (Phi) is 4.44. The zero-order valence-corrected chi connectivity index (χ0v) is 19.2. The molecule has 0 unspecified atom stereocenters. The van der Waals surface area contributed by atoms with E-state index in [1.165, 1.54) is 5.56 Å². The normalized spacial score (nSPS) is 29.8. The molecule has 1 saturated heterocycles. The van der Waals surface area contributed by atoms with Crippen LogP contribution in [0.5, 0.6) is 5.75 Å². The van der Waals surface area contributed by atoms with E-state index in [0.29, 0.717) is 29.3 Å². The molecular formula is C26H25ClN2O4. The first-order valence-electron chi connectivity index (χ1n) is 11.5. The fourth-order valence-corrected chi connectivity index (χ4v) is 6.49. The Balaban J connectivity index is 1.08. The van der Waals surface area contributed by atoms with E-state index in [0.717, 1.165) is 31.5 Å². The molecule has 0 aromatic heterocycles. The highest BCUT2D eigenvalue weighted by atomic mass is 35.5. The first kappa shape index (κ1) is 20.7. The van der Waals surface area contributed by atoms with Crippen LogP contribution in [-0.4, -0.2) is 47.2 Å². The summed E-state index contributed by atoms with van der Waals surface area (Å²) in [6.07, 6.45) is 2.29. The van der Waals surface area contributed by atoms with Crippen LogP contribution in [0.2, 0.25) is 5.02 Å². The summed E-state index contributed by atoms with van der Waals surface area (Å²) in [7, 11) is 0. The Morgan fingerprint density at radius 2 is 1.82 bits per heavy atom. The number of hydrogen-bond acceptors (Lipinski definition) is 4. The molecule has 2 bridgehead atoms. The summed E-state index contributed by atoms with van der Waals surface area (Å²) in [6.45, 7) is 3.44. The standard InChI is InChI=1S/C26H25ClN2O4/c1-16-2-5-18(6-3-16)28-8-9-29(24(28)32)26-13-25(14-26,15-26)12-21(31)23-11-20(30)19-10-17(27)4-7-22(19)33-23/h2-7,10,23H,8-9,11-15H2,1H3/t23-,25?,26?/m1/s1. The number of carbonyl (C=O) groups is 3. The topological polar surface area (TPSA) is 66.9 Å². The molecule has 3 aliphatic carbocycles. The molecule has 1 atom stereocenters. The Labute approximate surface area is 197 Å². The molecule has 6 nitrogen and oxygen atoms in total. The molecule has 2 amide bonds. The van der Waals surface area contributed by atoms with E-state index in [2.05, 4.69) is 0 Å². The smallest absolute Gasteiger partial charge is 0.325 e. The lowest BCUT2D eigenvalue weighted by atomic mass is 9.37. The van der Waals surface area contributed by atoms with Crippen LogP contribution < -0.4 is 9.64 Å². The maximum Gasteiger partial charge on any atom is 0.325 e. The van der Waals surface area contributed by atoms with E-state index in [1.54, 1.807) is 18.2 Å². The molecule has 3 saturated carbocycles. The number of Topliss-reactive ketones (excluding diaryl/α,β-unsaturated/α-hetero) is 2. The van der Waals surface area contributed by atoms with Crippen molar-refractivity contribution < 1.29 is 19.1 Å². The summed E-state index contributed by atoms with van der Waals surface area (Å²) in [4.78, 5) is 42.5. The third-order valence-corrected chi connectivity index (χ3v) is 8.06. The molecule has 7 heteroatoms. The maximum absolute atomic E-state index is 13.1. The van der Waals surface area contributed by atoms with Crippen LogP contribution in [0.4, 0.5) is 10.5 Å². The third kappa shape index (κ3) is 3.18. The summed E-state index contributed by atoms with van der Waals surface area (Å²) in [5.74, 6) is 0.304. The van der Waals surface area contributed by atoms with Gasteiger partial charge in [0.05, 0.1) is 12.0 Å².